The predicted octanol–water partition coefficient (Wildman–Crippen LogP) is 2.17. The molecule has 2 aliphatic rings. The molecule has 2 aliphatic heterocycles. The average molecular weight is 273 g/mol. The van der Waals surface area contributed by atoms with Gasteiger partial charge in [-0.15, -0.1) is 0 Å². The van der Waals surface area contributed by atoms with Crippen LogP contribution in [-0.4, -0.2) is 43.7 Å². The molecule has 2 N–H and O–H groups in total. The summed E-state index contributed by atoms with van der Waals surface area (Å²) >= 11 is 0. The first-order valence-corrected chi connectivity index (χ1v) is 8.16. The third kappa shape index (κ3) is 3.60. The molecular formula is C17H27N3. The summed E-state index contributed by atoms with van der Waals surface area (Å²) in [5.74, 6) is 0. The lowest BCUT2D eigenvalue weighted by Gasteiger charge is -2.28. The summed E-state index contributed by atoms with van der Waals surface area (Å²) in [4.78, 5) is 2.64. The fourth-order valence-corrected chi connectivity index (χ4v) is 3.51. The Balaban J connectivity index is 1.57. The van der Waals surface area contributed by atoms with Crippen molar-refractivity contribution in [3.8, 4) is 0 Å². The Morgan fingerprint density at radius 3 is 2.65 bits per heavy atom. The molecule has 0 aromatic heterocycles. The first-order valence-electron chi connectivity index (χ1n) is 8.16. The van der Waals surface area contributed by atoms with Crippen molar-refractivity contribution in [1.82, 2.24) is 15.5 Å². The van der Waals surface area contributed by atoms with Gasteiger partial charge >= 0.3 is 0 Å². The quantitative estimate of drug-likeness (QED) is 0.832. The Hall–Kier alpha value is -0.900. The molecule has 2 atom stereocenters. The van der Waals surface area contributed by atoms with Crippen molar-refractivity contribution in [2.75, 3.05) is 32.7 Å². The first-order chi connectivity index (χ1) is 9.93. The van der Waals surface area contributed by atoms with Crippen LogP contribution in [0.25, 0.3) is 0 Å². The van der Waals surface area contributed by atoms with E-state index in [1.165, 1.54) is 50.9 Å². The van der Waals surface area contributed by atoms with Crippen LogP contribution in [0.5, 0.6) is 0 Å². The van der Waals surface area contributed by atoms with Gasteiger partial charge in [0.15, 0.2) is 0 Å². The summed E-state index contributed by atoms with van der Waals surface area (Å²) in [5, 5.41) is 7.26. The molecule has 0 saturated carbocycles. The molecule has 3 nitrogen and oxygen atoms in total. The Labute approximate surface area is 122 Å². The highest BCUT2D eigenvalue weighted by molar-refractivity contribution is 5.19. The Bertz CT molecular complexity index is 380. The summed E-state index contributed by atoms with van der Waals surface area (Å²) in [6, 6.07) is 12.2. The molecule has 3 rings (SSSR count). The van der Waals surface area contributed by atoms with Crippen molar-refractivity contribution in [3.05, 3.63) is 35.9 Å². The van der Waals surface area contributed by atoms with E-state index in [1.807, 2.05) is 0 Å². The van der Waals surface area contributed by atoms with Crippen LogP contribution in [0.15, 0.2) is 30.3 Å². The SMILES string of the molecule is c1ccc(C(CNCC2CCCN2)N2CCCC2)cc1. The third-order valence-corrected chi connectivity index (χ3v) is 4.66. The maximum atomic E-state index is 3.70. The van der Waals surface area contributed by atoms with Gasteiger partial charge in [-0.1, -0.05) is 30.3 Å². The van der Waals surface area contributed by atoms with Crippen LogP contribution in [0.3, 0.4) is 0 Å². The molecule has 2 fully saturated rings. The van der Waals surface area contributed by atoms with E-state index in [-0.39, 0.29) is 0 Å². The van der Waals surface area contributed by atoms with Gasteiger partial charge in [0.25, 0.3) is 0 Å². The molecule has 2 unspecified atom stereocenters. The van der Waals surface area contributed by atoms with Crippen LogP contribution in [0, 0.1) is 0 Å². The molecule has 0 aliphatic carbocycles. The maximum absolute atomic E-state index is 3.70. The normalized spacial score (nSPS) is 25.1. The molecule has 2 saturated heterocycles. The van der Waals surface area contributed by atoms with Gasteiger partial charge in [0, 0.05) is 25.2 Å². The highest BCUT2D eigenvalue weighted by Crippen LogP contribution is 2.24. The lowest BCUT2D eigenvalue weighted by Crippen LogP contribution is -2.39. The topological polar surface area (TPSA) is 27.3 Å². The van der Waals surface area contributed by atoms with Gasteiger partial charge in [-0.2, -0.15) is 0 Å². The summed E-state index contributed by atoms with van der Waals surface area (Å²) in [6.07, 6.45) is 5.37. The zero-order valence-corrected chi connectivity index (χ0v) is 12.4. The van der Waals surface area contributed by atoms with E-state index in [1.54, 1.807) is 0 Å². The van der Waals surface area contributed by atoms with Gasteiger partial charge in [0.2, 0.25) is 0 Å². The summed E-state index contributed by atoms with van der Waals surface area (Å²) in [7, 11) is 0. The smallest absolute Gasteiger partial charge is 0.0472 e. The Morgan fingerprint density at radius 2 is 1.95 bits per heavy atom. The number of hydrogen-bond acceptors (Lipinski definition) is 3. The second-order valence-electron chi connectivity index (χ2n) is 6.12. The number of nitrogens with zero attached hydrogens (tertiary/aromatic N) is 1. The lowest BCUT2D eigenvalue weighted by atomic mass is 10.1. The zero-order valence-electron chi connectivity index (χ0n) is 12.4. The van der Waals surface area contributed by atoms with Gasteiger partial charge in [-0.3, -0.25) is 4.90 Å². The minimum atomic E-state index is 0.542. The van der Waals surface area contributed by atoms with E-state index < -0.39 is 0 Å². The van der Waals surface area contributed by atoms with Crippen molar-refractivity contribution in [2.24, 2.45) is 0 Å². The fourth-order valence-electron chi connectivity index (χ4n) is 3.51. The van der Waals surface area contributed by atoms with Crippen LogP contribution in [0.4, 0.5) is 0 Å². The van der Waals surface area contributed by atoms with E-state index in [9.17, 15) is 0 Å². The number of likely N-dealkylation sites (tertiary alicyclic amines) is 1. The standard InChI is InChI=1S/C17H27N3/c1-2-7-15(8-3-1)17(20-11-4-5-12-20)14-18-13-16-9-6-10-19-16/h1-3,7-8,16-19H,4-6,9-14H2. The molecule has 1 aromatic rings. The molecule has 3 heteroatoms. The van der Waals surface area contributed by atoms with Gasteiger partial charge in [0.05, 0.1) is 0 Å². The van der Waals surface area contributed by atoms with Crippen LogP contribution in [0.1, 0.15) is 37.3 Å². The van der Waals surface area contributed by atoms with E-state index in [0.29, 0.717) is 12.1 Å². The number of rotatable bonds is 6. The third-order valence-electron chi connectivity index (χ3n) is 4.66. The number of nitrogens with one attached hydrogen (secondary N) is 2. The first kappa shape index (κ1) is 14.1. The van der Waals surface area contributed by atoms with E-state index in [2.05, 4.69) is 45.9 Å². The van der Waals surface area contributed by atoms with E-state index in [0.717, 1.165) is 13.1 Å². The van der Waals surface area contributed by atoms with Crippen LogP contribution >= 0.6 is 0 Å². The second-order valence-corrected chi connectivity index (χ2v) is 6.12. The van der Waals surface area contributed by atoms with Gasteiger partial charge in [0.1, 0.15) is 0 Å². The largest absolute Gasteiger partial charge is 0.313 e. The Morgan fingerprint density at radius 1 is 1.15 bits per heavy atom. The highest BCUT2D eigenvalue weighted by atomic mass is 15.2. The van der Waals surface area contributed by atoms with Crippen molar-refractivity contribution >= 4 is 0 Å². The average Bonchev–Trinajstić information content (AvgIpc) is 3.18. The second kappa shape index (κ2) is 7.21. The van der Waals surface area contributed by atoms with E-state index >= 15 is 0 Å². The van der Waals surface area contributed by atoms with Crippen molar-refractivity contribution in [1.29, 1.82) is 0 Å². The molecule has 0 bridgehead atoms. The molecule has 1 aromatic carbocycles. The van der Waals surface area contributed by atoms with E-state index in [4.69, 9.17) is 0 Å². The Kier molecular flexibility index (Phi) is 5.06. The molecule has 0 radical (unpaired) electrons. The van der Waals surface area contributed by atoms with Crippen molar-refractivity contribution in [2.45, 2.75) is 37.8 Å². The fraction of sp³-hybridized carbons (Fsp3) is 0.647. The summed E-state index contributed by atoms with van der Waals surface area (Å²) in [5.41, 5.74) is 1.46. The van der Waals surface area contributed by atoms with Crippen LogP contribution in [0.2, 0.25) is 0 Å². The molecule has 0 spiro atoms. The van der Waals surface area contributed by atoms with Crippen molar-refractivity contribution < 1.29 is 0 Å². The lowest BCUT2D eigenvalue weighted by molar-refractivity contribution is 0.237. The van der Waals surface area contributed by atoms with Crippen LogP contribution in [-0.2, 0) is 0 Å². The number of hydrogen-bond donors (Lipinski definition) is 2. The monoisotopic (exact) mass is 273 g/mol. The predicted molar refractivity (Wildman–Crippen MR) is 83.9 cm³/mol. The molecular weight excluding hydrogens is 246 g/mol. The van der Waals surface area contributed by atoms with Gasteiger partial charge in [-0.25, -0.2) is 0 Å². The molecule has 0 amide bonds. The number of benzene rings is 1. The minimum absolute atomic E-state index is 0.542. The summed E-state index contributed by atoms with van der Waals surface area (Å²) < 4.78 is 0. The van der Waals surface area contributed by atoms with Gasteiger partial charge < -0.3 is 10.6 Å². The zero-order chi connectivity index (χ0) is 13.6. The summed E-state index contributed by atoms with van der Waals surface area (Å²) in [6.45, 7) is 5.88. The van der Waals surface area contributed by atoms with Gasteiger partial charge in [-0.05, 0) is 50.9 Å². The highest BCUT2D eigenvalue weighted by Gasteiger charge is 2.23. The molecule has 110 valence electrons. The molecule has 20 heavy (non-hydrogen) atoms. The maximum Gasteiger partial charge on any atom is 0.0472 e. The van der Waals surface area contributed by atoms with Crippen LogP contribution < -0.4 is 10.6 Å². The van der Waals surface area contributed by atoms with Crippen molar-refractivity contribution in [3.63, 3.8) is 0 Å². The molecule has 2 heterocycles. The minimum Gasteiger partial charge on any atom is -0.313 e.